The van der Waals surface area contributed by atoms with Crippen LogP contribution in [0.5, 0.6) is 11.5 Å². The van der Waals surface area contributed by atoms with Gasteiger partial charge in [-0.15, -0.1) is 0 Å². The van der Waals surface area contributed by atoms with Gasteiger partial charge in [0.05, 0.1) is 10.9 Å². The van der Waals surface area contributed by atoms with Crippen LogP contribution in [-0.2, 0) is 14.3 Å². The molecule has 1 fully saturated rings. The van der Waals surface area contributed by atoms with E-state index in [0.29, 0.717) is 5.56 Å². The van der Waals surface area contributed by atoms with Crippen LogP contribution in [0, 0.1) is 0 Å². The minimum atomic E-state index is -1.88. The number of carboxylic acid groups (broad SMARTS) is 1. The number of carboxylic acids is 1. The van der Waals surface area contributed by atoms with Crippen molar-refractivity contribution >= 4 is 22.7 Å². The largest absolute Gasteiger partial charge is 0.507 e. The van der Waals surface area contributed by atoms with E-state index in [1.807, 2.05) is 0 Å². The van der Waals surface area contributed by atoms with Gasteiger partial charge in [-0.2, -0.15) is 0 Å². The van der Waals surface area contributed by atoms with Gasteiger partial charge in [0.25, 0.3) is 0 Å². The lowest BCUT2D eigenvalue weighted by Gasteiger charge is -2.38. The summed E-state index contributed by atoms with van der Waals surface area (Å²) >= 11 is 0. The average molecular weight is 500 g/mol. The van der Waals surface area contributed by atoms with E-state index in [2.05, 4.69) is 0 Å². The van der Waals surface area contributed by atoms with Crippen molar-refractivity contribution in [3.63, 3.8) is 0 Å². The molecule has 3 aromatic rings. The smallest absolute Gasteiger partial charge is 0.343 e. The molecular weight excluding hydrogens is 476 g/mol. The number of Topliss-reactive ketones (excluding diaryl/α,β-unsaturated/α-hetero) is 1. The third kappa shape index (κ3) is 4.82. The number of ketones is 1. The predicted octanol–water partition coefficient (Wildman–Crippen LogP) is 0.881. The Morgan fingerprint density at radius 1 is 1.03 bits per heavy atom. The van der Waals surface area contributed by atoms with E-state index in [4.69, 9.17) is 13.9 Å². The summed E-state index contributed by atoms with van der Waals surface area (Å²) in [5.74, 6) is -2.92. The van der Waals surface area contributed by atoms with E-state index in [1.54, 1.807) is 30.3 Å². The third-order valence-electron chi connectivity index (χ3n) is 5.99. The molecule has 5 N–H and O–H groups in total. The molecule has 1 saturated heterocycles. The zero-order valence-electron chi connectivity index (χ0n) is 19.0. The standard InChI is InChI=1S/C25H24O11/c1-11(26)9-15(12-5-3-2-4-6-12)17-18(27)14-8-7-13(10-16(14)35-24(17)33)34-25-21(30)19(28)20(29)22(36-25)23(31)32/h2-8,10,15,19-22,25,27-30H,9H2,1H3,(H,31,32)/t15?,19-,20-,21+,22-,25+/m0/s1. The molecule has 1 aliphatic rings. The summed E-state index contributed by atoms with van der Waals surface area (Å²) in [6.45, 7) is 1.38. The first-order valence-electron chi connectivity index (χ1n) is 11.0. The summed E-state index contributed by atoms with van der Waals surface area (Å²) in [7, 11) is 0. The summed E-state index contributed by atoms with van der Waals surface area (Å²) in [5, 5.41) is 50.2. The van der Waals surface area contributed by atoms with Gasteiger partial charge in [-0.25, -0.2) is 9.59 Å². The molecule has 0 aliphatic carbocycles. The molecule has 4 rings (SSSR count). The minimum absolute atomic E-state index is 0.0368. The van der Waals surface area contributed by atoms with Crippen molar-refractivity contribution in [1.82, 2.24) is 0 Å². The lowest BCUT2D eigenvalue weighted by molar-refractivity contribution is -0.271. The number of benzene rings is 2. The Bertz CT molecular complexity index is 1330. The number of aliphatic carboxylic acids is 1. The fourth-order valence-electron chi connectivity index (χ4n) is 4.20. The Hall–Kier alpha value is -3.77. The fourth-order valence-corrected chi connectivity index (χ4v) is 4.20. The van der Waals surface area contributed by atoms with Gasteiger partial charge in [0.15, 0.2) is 6.10 Å². The van der Waals surface area contributed by atoms with Gasteiger partial charge >= 0.3 is 11.6 Å². The average Bonchev–Trinajstić information content (AvgIpc) is 2.83. The molecule has 36 heavy (non-hydrogen) atoms. The van der Waals surface area contributed by atoms with Crippen LogP contribution in [-0.4, -0.2) is 68.0 Å². The van der Waals surface area contributed by atoms with E-state index in [0.717, 1.165) is 0 Å². The molecule has 190 valence electrons. The highest BCUT2D eigenvalue weighted by atomic mass is 16.7. The van der Waals surface area contributed by atoms with Gasteiger partial charge in [-0.1, -0.05) is 30.3 Å². The van der Waals surface area contributed by atoms with E-state index in [1.165, 1.54) is 25.1 Å². The topological polar surface area (TPSA) is 184 Å². The van der Waals surface area contributed by atoms with Crippen molar-refractivity contribution in [1.29, 1.82) is 0 Å². The maximum Gasteiger partial charge on any atom is 0.343 e. The van der Waals surface area contributed by atoms with Crippen molar-refractivity contribution in [2.75, 3.05) is 0 Å². The number of fused-ring (bicyclic) bond motifs is 1. The number of carbonyl (C=O) groups excluding carboxylic acids is 1. The third-order valence-corrected chi connectivity index (χ3v) is 5.99. The van der Waals surface area contributed by atoms with Crippen molar-refractivity contribution in [3.8, 4) is 11.5 Å². The van der Waals surface area contributed by atoms with Crippen LogP contribution in [0.25, 0.3) is 11.0 Å². The van der Waals surface area contributed by atoms with E-state index in [-0.39, 0.29) is 40.2 Å². The normalized spacial score (nSPS) is 24.8. The maximum absolute atomic E-state index is 12.9. The molecule has 11 nitrogen and oxygen atoms in total. The van der Waals surface area contributed by atoms with Gasteiger partial charge in [0.2, 0.25) is 6.29 Å². The molecular formula is C25H24O11. The molecule has 0 saturated carbocycles. The second kappa shape index (κ2) is 10.1. The molecule has 2 aromatic carbocycles. The van der Waals surface area contributed by atoms with Crippen LogP contribution in [0.1, 0.15) is 30.4 Å². The van der Waals surface area contributed by atoms with Crippen molar-refractivity contribution < 1.29 is 49.0 Å². The molecule has 0 bridgehead atoms. The molecule has 0 radical (unpaired) electrons. The highest BCUT2D eigenvalue weighted by Gasteiger charge is 2.48. The monoisotopic (exact) mass is 500 g/mol. The number of aliphatic hydroxyl groups excluding tert-OH is 3. The first kappa shape index (κ1) is 25.3. The van der Waals surface area contributed by atoms with Crippen LogP contribution in [0.2, 0.25) is 0 Å². The lowest BCUT2D eigenvalue weighted by atomic mass is 9.87. The SMILES string of the molecule is CC(=O)CC(c1ccccc1)c1c(O)c2ccc(O[C@@H]3O[C@H](C(=O)O)[C@@H](O)[C@H](O)[C@H]3O)cc2oc1=O. The van der Waals surface area contributed by atoms with Crippen molar-refractivity contribution in [3.05, 3.63) is 70.1 Å². The first-order chi connectivity index (χ1) is 17.1. The van der Waals surface area contributed by atoms with Crippen molar-refractivity contribution in [2.45, 2.75) is 50.0 Å². The lowest BCUT2D eigenvalue weighted by Crippen LogP contribution is -2.61. The van der Waals surface area contributed by atoms with Crippen LogP contribution in [0.15, 0.2) is 57.7 Å². The number of aromatic hydroxyl groups is 1. The van der Waals surface area contributed by atoms with Crippen LogP contribution in [0.4, 0.5) is 0 Å². The Morgan fingerprint density at radius 3 is 2.36 bits per heavy atom. The Balaban J connectivity index is 1.70. The summed E-state index contributed by atoms with van der Waals surface area (Å²) in [6.07, 6.45) is -9.08. The van der Waals surface area contributed by atoms with Gasteiger partial charge < -0.3 is 39.4 Å². The highest BCUT2D eigenvalue weighted by molar-refractivity contribution is 5.86. The van der Waals surface area contributed by atoms with Crippen LogP contribution in [0.3, 0.4) is 0 Å². The summed E-state index contributed by atoms with van der Waals surface area (Å²) in [6, 6.07) is 12.7. The number of carbonyl (C=O) groups is 2. The Kier molecular flexibility index (Phi) is 7.09. The molecule has 0 spiro atoms. The van der Waals surface area contributed by atoms with Crippen LogP contribution < -0.4 is 10.4 Å². The van der Waals surface area contributed by atoms with E-state index >= 15 is 0 Å². The minimum Gasteiger partial charge on any atom is -0.507 e. The zero-order valence-corrected chi connectivity index (χ0v) is 19.0. The molecule has 6 atom stereocenters. The molecule has 1 aliphatic heterocycles. The first-order valence-corrected chi connectivity index (χ1v) is 11.0. The molecule has 2 heterocycles. The second-order valence-electron chi connectivity index (χ2n) is 8.53. The van der Waals surface area contributed by atoms with Crippen LogP contribution >= 0.6 is 0 Å². The zero-order chi connectivity index (χ0) is 26.1. The molecule has 1 aromatic heterocycles. The number of ether oxygens (including phenoxy) is 2. The van der Waals surface area contributed by atoms with Gasteiger partial charge in [-0.3, -0.25) is 4.79 Å². The van der Waals surface area contributed by atoms with Gasteiger partial charge in [0, 0.05) is 18.4 Å². The number of rotatable bonds is 7. The van der Waals surface area contributed by atoms with E-state index < -0.39 is 48.2 Å². The summed E-state index contributed by atoms with van der Waals surface area (Å²) < 4.78 is 16.0. The second-order valence-corrected chi connectivity index (χ2v) is 8.53. The van der Waals surface area contributed by atoms with Gasteiger partial charge in [-0.05, 0) is 24.6 Å². The summed E-state index contributed by atoms with van der Waals surface area (Å²) in [5.41, 5.74) is -0.392. The molecule has 11 heteroatoms. The number of hydrogen-bond acceptors (Lipinski definition) is 10. The molecule has 1 unspecified atom stereocenters. The number of aliphatic hydroxyl groups is 3. The maximum atomic E-state index is 12.9. The Labute approximate surface area is 203 Å². The van der Waals surface area contributed by atoms with Crippen molar-refractivity contribution in [2.24, 2.45) is 0 Å². The highest BCUT2D eigenvalue weighted by Crippen LogP contribution is 2.37. The Morgan fingerprint density at radius 2 is 1.72 bits per heavy atom. The van der Waals surface area contributed by atoms with Gasteiger partial charge in [0.1, 0.15) is 41.2 Å². The molecule has 0 amide bonds. The summed E-state index contributed by atoms with van der Waals surface area (Å²) in [4.78, 5) is 36.1. The quantitative estimate of drug-likeness (QED) is 0.290. The fraction of sp³-hybridized carbons (Fsp3) is 0.320. The predicted molar refractivity (Wildman–Crippen MR) is 123 cm³/mol. The van der Waals surface area contributed by atoms with E-state index in [9.17, 15) is 39.9 Å². The number of hydrogen-bond donors (Lipinski definition) is 5.